The number of phosphoric ester groups is 1. The highest BCUT2D eigenvalue weighted by molar-refractivity contribution is 7.47. The van der Waals surface area contributed by atoms with Gasteiger partial charge in [0, 0.05) is 18.6 Å². The summed E-state index contributed by atoms with van der Waals surface area (Å²) in [6.07, 6.45) is 4.48. The molecule has 10 nitrogen and oxygen atoms in total. The molecule has 11 heteroatoms. The third-order valence-corrected chi connectivity index (χ3v) is 5.44. The van der Waals surface area contributed by atoms with E-state index in [0.717, 1.165) is 0 Å². The summed E-state index contributed by atoms with van der Waals surface area (Å²) in [5.41, 5.74) is 6.87. The molecule has 4 atom stereocenters. The van der Waals surface area contributed by atoms with Crippen LogP contribution in [0.15, 0.2) is 12.5 Å². The lowest BCUT2D eigenvalue weighted by atomic mass is 9.70. The third kappa shape index (κ3) is 3.83. The molecule has 1 fully saturated rings. The first-order valence-corrected chi connectivity index (χ1v) is 9.62. The van der Waals surface area contributed by atoms with Crippen molar-refractivity contribution in [2.45, 2.75) is 25.8 Å². The first-order valence-electron chi connectivity index (χ1n) is 8.13. The summed E-state index contributed by atoms with van der Waals surface area (Å²) >= 11 is 0. The van der Waals surface area contributed by atoms with Crippen LogP contribution in [0.2, 0.25) is 0 Å². The molecule has 0 spiro atoms. The fraction of sp³-hybridized carbons (Fsp3) is 0.643. The predicted octanol–water partition coefficient (Wildman–Crippen LogP) is 1.12. The maximum Gasteiger partial charge on any atom is 0.472 e. The van der Waals surface area contributed by atoms with Gasteiger partial charge in [0.15, 0.2) is 5.65 Å². The van der Waals surface area contributed by atoms with Gasteiger partial charge in [0.2, 0.25) is 5.95 Å². The Balaban J connectivity index is 1.66. The second-order valence-corrected chi connectivity index (χ2v) is 7.55. The van der Waals surface area contributed by atoms with E-state index in [2.05, 4.69) is 15.0 Å². The maximum absolute atomic E-state index is 11.7. The minimum absolute atomic E-state index is 0.0347. The van der Waals surface area contributed by atoms with Crippen molar-refractivity contribution in [1.29, 1.82) is 0 Å². The van der Waals surface area contributed by atoms with Crippen molar-refractivity contribution in [2.75, 3.05) is 25.6 Å². The Morgan fingerprint density at radius 3 is 2.96 bits per heavy atom. The average molecular weight is 371 g/mol. The van der Waals surface area contributed by atoms with E-state index in [9.17, 15) is 14.6 Å². The second kappa shape index (κ2) is 7.35. The van der Waals surface area contributed by atoms with Crippen LogP contribution in [0, 0.1) is 11.8 Å². The van der Waals surface area contributed by atoms with E-state index in [1.54, 1.807) is 12.5 Å². The van der Waals surface area contributed by atoms with Crippen molar-refractivity contribution in [3.63, 3.8) is 0 Å². The number of aliphatic hydroxyl groups is 1. The van der Waals surface area contributed by atoms with Crippen molar-refractivity contribution < 1.29 is 23.6 Å². The van der Waals surface area contributed by atoms with E-state index in [-0.39, 0.29) is 43.6 Å². The lowest BCUT2D eigenvalue weighted by Gasteiger charge is -2.44. The molecule has 0 amide bonds. The van der Waals surface area contributed by atoms with Crippen LogP contribution in [0.4, 0.5) is 5.95 Å². The summed E-state index contributed by atoms with van der Waals surface area (Å²) in [7, 11) is -4.04. The van der Waals surface area contributed by atoms with Gasteiger partial charge >= 0.3 is 7.82 Å². The van der Waals surface area contributed by atoms with Gasteiger partial charge in [-0.05, 0) is 18.8 Å². The summed E-state index contributed by atoms with van der Waals surface area (Å²) in [5.74, 6) is -0.0413. The van der Waals surface area contributed by atoms with Crippen LogP contribution in [0.5, 0.6) is 0 Å². The highest BCUT2D eigenvalue weighted by Crippen LogP contribution is 2.49. The minimum atomic E-state index is -4.04. The molecule has 0 aromatic carbocycles. The van der Waals surface area contributed by atoms with Crippen LogP contribution in [0.3, 0.4) is 0 Å². The quantitative estimate of drug-likeness (QED) is 0.581. The molecule has 4 N–H and O–H groups in total. The van der Waals surface area contributed by atoms with E-state index in [4.69, 9.17) is 14.8 Å². The van der Waals surface area contributed by atoms with Crippen LogP contribution in [-0.4, -0.2) is 49.3 Å². The summed E-state index contributed by atoms with van der Waals surface area (Å²) < 4.78 is 23.5. The SMILES string of the molecule is CCCOP(=O)(O)OC[C@H]1C[C@@H](n2cnc3cnc(N)nc32)[C@H]1CO. The van der Waals surface area contributed by atoms with E-state index >= 15 is 0 Å². The molecule has 2 aromatic rings. The number of hydrogen-bond acceptors (Lipinski definition) is 8. The lowest BCUT2D eigenvalue weighted by Crippen LogP contribution is -2.42. The first-order chi connectivity index (χ1) is 11.9. The van der Waals surface area contributed by atoms with E-state index in [0.29, 0.717) is 24.0 Å². The fourth-order valence-corrected chi connectivity index (χ4v) is 3.94. The molecule has 0 radical (unpaired) electrons. The number of nitrogens with two attached hydrogens (primary N) is 1. The molecule has 25 heavy (non-hydrogen) atoms. The van der Waals surface area contributed by atoms with Crippen molar-refractivity contribution in [1.82, 2.24) is 19.5 Å². The number of aliphatic hydroxyl groups excluding tert-OH is 1. The molecule has 2 aromatic heterocycles. The van der Waals surface area contributed by atoms with Crippen molar-refractivity contribution in [3.8, 4) is 0 Å². The van der Waals surface area contributed by atoms with E-state index in [1.807, 2.05) is 11.5 Å². The Bertz CT molecular complexity index is 784. The zero-order valence-electron chi connectivity index (χ0n) is 13.9. The zero-order valence-corrected chi connectivity index (χ0v) is 14.7. The molecule has 1 aliphatic rings. The van der Waals surface area contributed by atoms with Crippen LogP contribution in [0.25, 0.3) is 11.2 Å². The van der Waals surface area contributed by atoms with Crippen LogP contribution in [-0.2, 0) is 13.6 Å². The molecule has 0 saturated heterocycles. The highest BCUT2D eigenvalue weighted by Gasteiger charge is 2.43. The molecule has 3 rings (SSSR count). The predicted molar refractivity (Wildman–Crippen MR) is 89.5 cm³/mol. The van der Waals surface area contributed by atoms with Crippen molar-refractivity contribution >= 4 is 24.9 Å². The second-order valence-electron chi connectivity index (χ2n) is 6.10. The maximum atomic E-state index is 11.7. The summed E-state index contributed by atoms with van der Waals surface area (Å²) in [6.45, 7) is 1.96. The number of hydrogen-bond donors (Lipinski definition) is 3. The number of nitrogens with zero attached hydrogens (tertiary/aromatic N) is 4. The molecule has 1 aliphatic carbocycles. The minimum Gasteiger partial charge on any atom is -0.396 e. The Morgan fingerprint density at radius 2 is 2.24 bits per heavy atom. The van der Waals surface area contributed by atoms with Gasteiger partial charge in [-0.25, -0.2) is 14.5 Å². The van der Waals surface area contributed by atoms with Gasteiger partial charge in [0.1, 0.15) is 5.52 Å². The van der Waals surface area contributed by atoms with E-state index < -0.39 is 7.82 Å². The summed E-state index contributed by atoms with van der Waals surface area (Å²) in [4.78, 5) is 21.9. The molecule has 0 aliphatic heterocycles. The monoisotopic (exact) mass is 371 g/mol. The summed E-state index contributed by atoms with van der Waals surface area (Å²) in [5, 5.41) is 9.71. The van der Waals surface area contributed by atoms with Crippen LogP contribution >= 0.6 is 7.82 Å². The standard InChI is InChI=1S/C14H22N5O5P/c1-2-3-23-25(21,22)24-7-9-4-12(10(9)6-20)19-8-17-11-5-16-14(15)18-13(11)19/h5,8-10,12,20H,2-4,6-7H2,1H3,(H,21,22)(H2,15,16,18)/t9-,10+,12-/m1/s1. The molecule has 138 valence electrons. The number of fused-ring (bicyclic) bond motifs is 1. The Labute approximate surface area is 144 Å². The normalized spacial score (nSPS) is 25.6. The van der Waals surface area contributed by atoms with Gasteiger partial charge in [-0.2, -0.15) is 4.98 Å². The number of nitrogen functional groups attached to an aromatic ring is 1. The smallest absolute Gasteiger partial charge is 0.396 e. The number of imidazole rings is 1. The van der Waals surface area contributed by atoms with Gasteiger partial charge in [-0.15, -0.1) is 0 Å². The molecule has 2 heterocycles. The van der Waals surface area contributed by atoms with E-state index in [1.165, 1.54) is 0 Å². The van der Waals surface area contributed by atoms with Gasteiger partial charge in [0.25, 0.3) is 0 Å². The number of phosphoric acid groups is 1. The fourth-order valence-electron chi connectivity index (χ4n) is 3.08. The molecule has 0 bridgehead atoms. The van der Waals surface area contributed by atoms with Gasteiger partial charge in [-0.3, -0.25) is 9.05 Å². The van der Waals surface area contributed by atoms with Crippen molar-refractivity contribution in [3.05, 3.63) is 12.5 Å². The topological polar surface area (TPSA) is 146 Å². The summed E-state index contributed by atoms with van der Waals surface area (Å²) in [6, 6.07) is -0.0347. The Kier molecular flexibility index (Phi) is 5.35. The lowest BCUT2D eigenvalue weighted by molar-refractivity contribution is -0.00801. The largest absolute Gasteiger partial charge is 0.472 e. The Hall–Kier alpha value is -1.58. The van der Waals surface area contributed by atoms with Gasteiger partial charge < -0.3 is 20.3 Å². The average Bonchev–Trinajstić information content (AvgIpc) is 2.95. The zero-order chi connectivity index (χ0) is 18.0. The first kappa shape index (κ1) is 18.2. The Morgan fingerprint density at radius 1 is 1.44 bits per heavy atom. The molecule has 1 saturated carbocycles. The molecular formula is C14H22N5O5P. The number of anilines is 1. The van der Waals surface area contributed by atoms with Gasteiger partial charge in [-0.1, -0.05) is 6.92 Å². The third-order valence-electron chi connectivity index (χ3n) is 4.46. The van der Waals surface area contributed by atoms with Crippen LogP contribution in [0.1, 0.15) is 25.8 Å². The number of aromatic nitrogens is 4. The van der Waals surface area contributed by atoms with Gasteiger partial charge in [0.05, 0.1) is 25.7 Å². The highest BCUT2D eigenvalue weighted by atomic mass is 31.2. The molecule has 1 unspecified atom stereocenters. The van der Waals surface area contributed by atoms with Crippen molar-refractivity contribution in [2.24, 2.45) is 11.8 Å². The molecular weight excluding hydrogens is 349 g/mol. The number of rotatable bonds is 8. The van der Waals surface area contributed by atoms with Crippen LogP contribution < -0.4 is 5.73 Å².